The normalized spacial score (nSPS) is 52.6. The van der Waals surface area contributed by atoms with Crippen molar-refractivity contribution in [2.45, 2.75) is 155 Å². The molecule has 53 heavy (non-hydrogen) atoms. The molecule has 12 N–H and O–H groups in total. The Hall–Kier alpha value is -1.37. The summed E-state index contributed by atoms with van der Waals surface area (Å²) >= 11 is 0. The van der Waals surface area contributed by atoms with E-state index in [1.807, 2.05) is 0 Å². The third kappa shape index (κ3) is 8.80. The number of carboxylic acids is 1. The molecule has 0 bridgehead atoms. The lowest BCUT2D eigenvalue weighted by Gasteiger charge is -2.47. The highest BCUT2D eigenvalue weighted by atomic mass is 16.8. The van der Waals surface area contributed by atoms with E-state index in [-0.39, 0.29) is 0 Å². The van der Waals surface area contributed by atoms with Crippen LogP contribution in [0.5, 0.6) is 0 Å². The quantitative estimate of drug-likeness (QED) is 0.0926. The molecule has 308 valence electrons. The van der Waals surface area contributed by atoms with Crippen molar-refractivity contribution in [3.63, 3.8) is 0 Å². The van der Waals surface area contributed by atoms with Crippen molar-refractivity contribution in [1.29, 1.82) is 0 Å². The van der Waals surface area contributed by atoms with Crippen molar-refractivity contribution in [3.8, 4) is 0 Å². The van der Waals surface area contributed by atoms with Crippen LogP contribution in [0.25, 0.3) is 0 Å². The summed E-state index contributed by atoms with van der Waals surface area (Å²) in [5.41, 5.74) is 0. The van der Waals surface area contributed by atoms with Crippen molar-refractivity contribution in [1.82, 2.24) is 0 Å². The molecular formula is C30H50O23. The predicted molar refractivity (Wildman–Crippen MR) is 162 cm³/mol. The summed E-state index contributed by atoms with van der Waals surface area (Å²) in [4.78, 5) is 12.3. The Morgan fingerprint density at radius 3 is 1.66 bits per heavy atom. The van der Waals surface area contributed by atoms with Crippen molar-refractivity contribution >= 4 is 5.97 Å². The van der Waals surface area contributed by atoms with Crippen molar-refractivity contribution < 1.29 is 113 Å². The minimum Gasteiger partial charge on any atom is -0.479 e. The Morgan fingerprint density at radius 1 is 0.547 bits per heavy atom. The van der Waals surface area contributed by atoms with E-state index in [1.165, 1.54) is 21.0 Å². The number of hydrogen-bond acceptors (Lipinski definition) is 22. The van der Waals surface area contributed by atoms with Crippen LogP contribution < -0.4 is 0 Å². The lowest BCUT2D eigenvalue weighted by Crippen LogP contribution is -2.66. The molecule has 0 aromatic rings. The summed E-state index contributed by atoms with van der Waals surface area (Å²) in [6.07, 6.45) is -36.7. The predicted octanol–water partition coefficient (Wildman–Crippen LogP) is -7.80. The molecule has 23 heteroatoms. The van der Waals surface area contributed by atoms with Gasteiger partial charge in [0, 0.05) is 7.11 Å². The van der Waals surface area contributed by atoms with Gasteiger partial charge in [0.15, 0.2) is 31.3 Å². The first-order valence-electron chi connectivity index (χ1n) is 17.0. The number of carboxylic acid groups (broad SMARTS) is 1. The third-order valence-electron chi connectivity index (χ3n) is 10.0. The number of carbonyl (C=O) groups is 1. The van der Waals surface area contributed by atoms with Gasteiger partial charge in [-0.15, -0.1) is 0 Å². The second-order valence-corrected chi connectivity index (χ2v) is 13.6. The van der Waals surface area contributed by atoms with Gasteiger partial charge in [0.1, 0.15) is 97.7 Å². The zero-order chi connectivity index (χ0) is 39.0. The molecule has 23 nitrogen and oxygen atoms in total. The molecule has 5 aliphatic rings. The van der Waals surface area contributed by atoms with Gasteiger partial charge >= 0.3 is 5.97 Å². The van der Waals surface area contributed by atoms with Crippen LogP contribution in [-0.4, -0.2) is 235 Å². The summed E-state index contributed by atoms with van der Waals surface area (Å²) in [6.45, 7) is 1.18. The minimum atomic E-state index is -2.11. The zero-order valence-corrected chi connectivity index (χ0v) is 28.8. The Morgan fingerprint density at radius 2 is 1.04 bits per heavy atom. The smallest absolute Gasteiger partial charge is 0.335 e. The highest BCUT2D eigenvalue weighted by molar-refractivity contribution is 5.73. The summed E-state index contributed by atoms with van der Waals surface area (Å²) in [5.74, 6) is -1.73. The van der Waals surface area contributed by atoms with Crippen LogP contribution in [0.3, 0.4) is 0 Å². The lowest BCUT2D eigenvalue weighted by atomic mass is 9.96. The maximum Gasteiger partial charge on any atom is 0.335 e. The highest BCUT2D eigenvalue weighted by Gasteiger charge is 2.55. The highest BCUT2D eigenvalue weighted by Crippen LogP contribution is 2.33. The van der Waals surface area contributed by atoms with E-state index >= 15 is 0 Å². The molecule has 0 spiro atoms. The lowest BCUT2D eigenvalue weighted by molar-refractivity contribution is -0.371. The van der Waals surface area contributed by atoms with E-state index in [0.29, 0.717) is 0 Å². The van der Waals surface area contributed by atoms with E-state index < -0.39 is 167 Å². The van der Waals surface area contributed by atoms with Gasteiger partial charge in [-0.25, -0.2) is 4.79 Å². The van der Waals surface area contributed by atoms with Crippen LogP contribution >= 0.6 is 0 Å². The van der Waals surface area contributed by atoms with Gasteiger partial charge in [0.25, 0.3) is 0 Å². The molecule has 5 fully saturated rings. The molecule has 5 aliphatic heterocycles. The summed E-state index contributed by atoms with van der Waals surface area (Å²) in [5, 5.41) is 125. The number of ether oxygens (including phenoxy) is 10. The molecule has 0 aromatic heterocycles. The van der Waals surface area contributed by atoms with E-state index in [0.717, 1.165) is 0 Å². The average molecular weight is 779 g/mol. The second-order valence-electron chi connectivity index (χ2n) is 13.6. The summed E-state index contributed by atoms with van der Waals surface area (Å²) in [6, 6.07) is 0. The monoisotopic (exact) mass is 778 g/mol. The fourth-order valence-electron chi connectivity index (χ4n) is 6.74. The van der Waals surface area contributed by atoms with Crippen LogP contribution in [0.1, 0.15) is 13.8 Å². The van der Waals surface area contributed by atoms with Crippen LogP contribution in [-0.2, 0) is 52.2 Å². The standard InChI is InChI=1S/C30H50O23/c1-7-12(32)16(36)20(40)28(47-7)51-22-9(4-31)45-5-11(15(22)35)49-29-21(41)18(38)23(25(53-29)26(42)43)52-27-19(39)14(34)10(6-46-27)50-30-24(44-3)17(37)13(33)8(2)48-30/h7-25,27-41H,4-6H2,1-3H3,(H,42,43)/t7-,8-,9+,10+,11+,12-,13+,14-,15+,16+,17+,18+,19+,20+,21+,22+,23-,24-,25-,27-,28+,29-,30-/m0/s1. The Labute approximate surface area is 301 Å². The van der Waals surface area contributed by atoms with Gasteiger partial charge in [-0.2, -0.15) is 0 Å². The number of hydrogen-bond donors (Lipinski definition) is 12. The molecule has 0 saturated carbocycles. The number of aliphatic hydroxyl groups is 11. The first-order chi connectivity index (χ1) is 25.0. The van der Waals surface area contributed by atoms with Crippen molar-refractivity contribution in [3.05, 3.63) is 0 Å². The van der Waals surface area contributed by atoms with Gasteiger partial charge in [-0.1, -0.05) is 0 Å². The largest absolute Gasteiger partial charge is 0.479 e. The Bertz CT molecular complexity index is 1190. The molecular weight excluding hydrogens is 728 g/mol. The van der Waals surface area contributed by atoms with E-state index in [2.05, 4.69) is 0 Å². The van der Waals surface area contributed by atoms with E-state index in [4.69, 9.17) is 47.4 Å². The van der Waals surface area contributed by atoms with E-state index in [1.54, 1.807) is 0 Å². The number of methoxy groups -OCH3 is 1. The van der Waals surface area contributed by atoms with Gasteiger partial charge in [-0.05, 0) is 13.8 Å². The molecule has 0 unspecified atom stereocenters. The van der Waals surface area contributed by atoms with Crippen LogP contribution in [0, 0.1) is 0 Å². The first-order valence-corrected chi connectivity index (χ1v) is 17.0. The maximum atomic E-state index is 12.3. The fraction of sp³-hybridized carbons (Fsp3) is 0.967. The molecule has 0 radical (unpaired) electrons. The van der Waals surface area contributed by atoms with Gasteiger partial charge < -0.3 is 109 Å². The topological polar surface area (TPSA) is 352 Å². The number of rotatable bonds is 11. The molecule has 0 aromatic carbocycles. The molecule has 23 atom stereocenters. The third-order valence-corrected chi connectivity index (χ3v) is 10.0. The van der Waals surface area contributed by atoms with Crippen molar-refractivity contribution in [2.75, 3.05) is 26.9 Å². The van der Waals surface area contributed by atoms with E-state index in [9.17, 15) is 66.1 Å². The zero-order valence-electron chi connectivity index (χ0n) is 28.8. The van der Waals surface area contributed by atoms with Crippen LogP contribution in [0.2, 0.25) is 0 Å². The molecule has 5 saturated heterocycles. The Balaban J connectivity index is 1.21. The SMILES string of the molecule is CO[C@@H]1[C@H](O[C@@H]2CO[C@@H](O[C@H]3[C@H](O)[C@@H](O)[C@@H](O[C@@H]4CO[C@H](CO)[C@@H](O[C@H]5O[C@@H](C)[C@H](O)[C@@H](O)[C@H]5O)[C@@H]4O)O[C@@H]3C(=O)O)[C@H](O)[C@H]2O)O[C@@H](C)[C@@H](O)[C@H]1O. The molecule has 0 aliphatic carbocycles. The fourth-order valence-corrected chi connectivity index (χ4v) is 6.74. The first kappa shape index (κ1) is 42.8. The number of aliphatic hydroxyl groups excluding tert-OH is 11. The molecule has 5 rings (SSSR count). The van der Waals surface area contributed by atoms with Gasteiger partial charge in [0.2, 0.25) is 0 Å². The molecule has 5 heterocycles. The Kier molecular flexibility index (Phi) is 14.4. The van der Waals surface area contributed by atoms with Gasteiger partial charge in [0.05, 0.1) is 32.0 Å². The minimum absolute atomic E-state index is 0.475. The van der Waals surface area contributed by atoms with Crippen LogP contribution in [0.15, 0.2) is 0 Å². The maximum absolute atomic E-state index is 12.3. The van der Waals surface area contributed by atoms with Gasteiger partial charge in [-0.3, -0.25) is 0 Å². The molecule has 0 amide bonds. The number of aliphatic carboxylic acids is 1. The van der Waals surface area contributed by atoms with Crippen LogP contribution in [0.4, 0.5) is 0 Å². The van der Waals surface area contributed by atoms with Crippen molar-refractivity contribution in [2.24, 2.45) is 0 Å². The summed E-state index contributed by atoms with van der Waals surface area (Å²) in [7, 11) is 1.23. The average Bonchev–Trinajstić information content (AvgIpc) is 3.12. The second kappa shape index (κ2) is 17.8. The summed E-state index contributed by atoms with van der Waals surface area (Å²) < 4.78 is 55.1.